The normalized spacial score (nSPS) is 26.8. The van der Waals surface area contributed by atoms with Crippen LogP contribution in [0.2, 0.25) is 0 Å². The van der Waals surface area contributed by atoms with Crippen LogP contribution in [0.4, 0.5) is 0 Å². The summed E-state index contributed by atoms with van der Waals surface area (Å²) in [5, 5.41) is 13.5. The molecule has 24 heavy (non-hydrogen) atoms. The molecule has 2 fully saturated rings. The van der Waals surface area contributed by atoms with Gasteiger partial charge in [-0.05, 0) is 50.8 Å². The van der Waals surface area contributed by atoms with Gasteiger partial charge in [-0.15, -0.1) is 0 Å². The molecule has 0 amide bonds. The molecule has 5 heteroatoms. The van der Waals surface area contributed by atoms with Crippen LogP contribution in [-0.4, -0.2) is 58.7 Å². The largest absolute Gasteiger partial charge is 0.394 e. The number of piperidine rings is 1. The van der Waals surface area contributed by atoms with Crippen LogP contribution in [0.1, 0.15) is 57.1 Å². The zero-order valence-corrected chi connectivity index (χ0v) is 15.1. The van der Waals surface area contributed by atoms with Gasteiger partial charge >= 0.3 is 0 Å². The van der Waals surface area contributed by atoms with Crippen molar-refractivity contribution in [3.05, 3.63) is 18.0 Å². The van der Waals surface area contributed by atoms with Crippen LogP contribution >= 0.6 is 0 Å². The topological polar surface area (TPSA) is 50.5 Å². The molecule has 1 saturated carbocycles. The van der Waals surface area contributed by atoms with Crippen molar-refractivity contribution in [2.75, 3.05) is 32.8 Å². The van der Waals surface area contributed by atoms with Crippen LogP contribution in [-0.2, 0) is 11.3 Å². The lowest BCUT2D eigenvalue weighted by Crippen LogP contribution is -2.37. The molecular formula is C19H33N3O2. The minimum atomic E-state index is 0.157. The maximum absolute atomic E-state index is 9.14. The van der Waals surface area contributed by atoms with E-state index < -0.39 is 0 Å². The Labute approximate surface area is 146 Å². The second-order valence-corrected chi connectivity index (χ2v) is 7.49. The summed E-state index contributed by atoms with van der Waals surface area (Å²) in [5.74, 6) is 1.31. The molecule has 2 heterocycles. The maximum atomic E-state index is 9.14. The van der Waals surface area contributed by atoms with E-state index in [1.165, 1.54) is 44.2 Å². The number of aliphatic hydroxyl groups is 1. The molecule has 2 unspecified atom stereocenters. The zero-order valence-electron chi connectivity index (χ0n) is 15.1. The molecule has 3 rings (SSSR count). The van der Waals surface area contributed by atoms with Gasteiger partial charge in [0, 0.05) is 24.4 Å². The molecule has 0 aromatic carbocycles. The Balaban J connectivity index is 1.38. The Bertz CT molecular complexity index is 483. The molecule has 1 N–H and O–H groups in total. The molecule has 1 aliphatic heterocycles. The second-order valence-electron chi connectivity index (χ2n) is 7.49. The quantitative estimate of drug-likeness (QED) is 0.832. The average molecular weight is 335 g/mol. The number of hydrogen-bond acceptors (Lipinski definition) is 4. The molecule has 136 valence electrons. The minimum Gasteiger partial charge on any atom is -0.394 e. The number of aromatic nitrogens is 2. The number of hydrogen-bond donors (Lipinski definition) is 1. The summed E-state index contributed by atoms with van der Waals surface area (Å²) in [4.78, 5) is 2.54. The van der Waals surface area contributed by atoms with Crippen molar-refractivity contribution in [3.8, 4) is 0 Å². The maximum Gasteiger partial charge on any atom is 0.0644 e. The van der Waals surface area contributed by atoms with Gasteiger partial charge in [0.1, 0.15) is 0 Å². The zero-order chi connectivity index (χ0) is 16.8. The van der Waals surface area contributed by atoms with Crippen molar-refractivity contribution in [1.29, 1.82) is 0 Å². The predicted octanol–water partition coefficient (Wildman–Crippen LogP) is 2.65. The standard InChI is InChI=1S/C19H33N3O2/c1-16-4-2-3-5-19(16)24-15-13-21-10-7-17(8-11-21)18-6-9-20-22(18)12-14-23/h6,9,16-17,19,23H,2-5,7-8,10-15H2,1H3. The molecule has 2 atom stereocenters. The minimum absolute atomic E-state index is 0.157. The Hall–Kier alpha value is -0.910. The lowest BCUT2D eigenvalue weighted by Gasteiger charge is -2.33. The van der Waals surface area contributed by atoms with Gasteiger partial charge in [0.25, 0.3) is 0 Å². The van der Waals surface area contributed by atoms with E-state index in [-0.39, 0.29) is 6.61 Å². The highest BCUT2D eigenvalue weighted by molar-refractivity contribution is 5.09. The molecule has 1 aromatic heterocycles. The monoisotopic (exact) mass is 335 g/mol. The smallest absolute Gasteiger partial charge is 0.0644 e. The molecular weight excluding hydrogens is 302 g/mol. The predicted molar refractivity (Wildman–Crippen MR) is 95.1 cm³/mol. The summed E-state index contributed by atoms with van der Waals surface area (Å²) in [6.45, 7) is 7.32. The lowest BCUT2D eigenvalue weighted by molar-refractivity contribution is -0.0157. The summed E-state index contributed by atoms with van der Waals surface area (Å²) >= 11 is 0. The fraction of sp³-hybridized carbons (Fsp3) is 0.842. The molecule has 1 aliphatic carbocycles. The van der Waals surface area contributed by atoms with Crippen molar-refractivity contribution >= 4 is 0 Å². The summed E-state index contributed by atoms with van der Waals surface area (Å²) < 4.78 is 8.13. The van der Waals surface area contributed by atoms with Gasteiger partial charge in [0.2, 0.25) is 0 Å². The van der Waals surface area contributed by atoms with Crippen LogP contribution in [0.3, 0.4) is 0 Å². The van der Waals surface area contributed by atoms with Crippen LogP contribution in [0, 0.1) is 5.92 Å². The van der Waals surface area contributed by atoms with E-state index in [1.807, 2.05) is 10.9 Å². The number of aliphatic hydroxyl groups excluding tert-OH is 1. The van der Waals surface area contributed by atoms with Gasteiger partial charge in [-0.2, -0.15) is 5.10 Å². The Morgan fingerprint density at radius 3 is 2.71 bits per heavy atom. The summed E-state index contributed by atoms with van der Waals surface area (Å²) in [5.41, 5.74) is 1.29. The number of likely N-dealkylation sites (tertiary alicyclic amines) is 1. The van der Waals surface area contributed by atoms with Gasteiger partial charge < -0.3 is 14.7 Å². The van der Waals surface area contributed by atoms with Crippen molar-refractivity contribution in [1.82, 2.24) is 14.7 Å². The van der Waals surface area contributed by atoms with Crippen LogP contribution in [0.5, 0.6) is 0 Å². The van der Waals surface area contributed by atoms with E-state index in [2.05, 4.69) is 23.0 Å². The van der Waals surface area contributed by atoms with Gasteiger partial charge in [-0.25, -0.2) is 0 Å². The first-order chi connectivity index (χ1) is 11.8. The Morgan fingerprint density at radius 1 is 1.17 bits per heavy atom. The van der Waals surface area contributed by atoms with E-state index in [0.29, 0.717) is 18.6 Å². The van der Waals surface area contributed by atoms with E-state index in [4.69, 9.17) is 9.84 Å². The van der Waals surface area contributed by atoms with Crippen molar-refractivity contribution in [3.63, 3.8) is 0 Å². The number of nitrogens with zero attached hydrogens (tertiary/aromatic N) is 3. The average Bonchev–Trinajstić information content (AvgIpc) is 3.06. The van der Waals surface area contributed by atoms with Crippen molar-refractivity contribution < 1.29 is 9.84 Å². The lowest BCUT2D eigenvalue weighted by atomic mass is 9.88. The molecule has 0 spiro atoms. The molecule has 2 aliphatic rings. The molecule has 1 aromatic rings. The van der Waals surface area contributed by atoms with E-state index in [0.717, 1.165) is 32.2 Å². The Morgan fingerprint density at radius 2 is 1.96 bits per heavy atom. The van der Waals surface area contributed by atoms with Crippen LogP contribution < -0.4 is 0 Å². The van der Waals surface area contributed by atoms with Crippen molar-refractivity contribution in [2.45, 2.75) is 64.0 Å². The fourth-order valence-corrected chi connectivity index (χ4v) is 4.29. The third kappa shape index (κ3) is 4.58. The van der Waals surface area contributed by atoms with Gasteiger partial charge in [0.05, 0.1) is 25.9 Å². The van der Waals surface area contributed by atoms with Gasteiger partial charge in [-0.1, -0.05) is 19.8 Å². The summed E-state index contributed by atoms with van der Waals surface area (Å²) in [6, 6.07) is 2.11. The molecule has 1 saturated heterocycles. The summed E-state index contributed by atoms with van der Waals surface area (Å²) in [6.07, 6.45) is 9.99. The van der Waals surface area contributed by atoms with E-state index in [1.54, 1.807) is 0 Å². The molecule has 0 bridgehead atoms. The van der Waals surface area contributed by atoms with E-state index in [9.17, 15) is 0 Å². The van der Waals surface area contributed by atoms with Crippen molar-refractivity contribution in [2.24, 2.45) is 5.92 Å². The van der Waals surface area contributed by atoms with Crippen LogP contribution in [0.15, 0.2) is 12.3 Å². The first-order valence-corrected chi connectivity index (χ1v) is 9.74. The highest BCUT2D eigenvalue weighted by Crippen LogP contribution is 2.28. The third-order valence-corrected chi connectivity index (χ3v) is 5.84. The Kier molecular flexibility index (Phi) is 6.69. The van der Waals surface area contributed by atoms with E-state index >= 15 is 0 Å². The number of ether oxygens (including phenoxy) is 1. The highest BCUT2D eigenvalue weighted by Gasteiger charge is 2.24. The summed E-state index contributed by atoms with van der Waals surface area (Å²) in [7, 11) is 0. The first-order valence-electron chi connectivity index (χ1n) is 9.74. The third-order valence-electron chi connectivity index (χ3n) is 5.84. The van der Waals surface area contributed by atoms with Gasteiger partial charge in [0.15, 0.2) is 0 Å². The second kappa shape index (κ2) is 8.97. The first kappa shape index (κ1) is 17.9. The number of rotatable bonds is 7. The van der Waals surface area contributed by atoms with Gasteiger partial charge in [-0.3, -0.25) is 4.68 Å². The van der Waals surface area contributed by atoms with Crippen LogP contribution in [0.25, 0.3) is 0 Å². The molecule has 0 radical (unpaired) electrons. The fourth-order valence-electron chi connectivity index (χ4n) is 4.29. The highest BCUT2D eigenvalue weighted by atomic mass is 16.5. The SMILES string of the molecule is CC1CCCCC1OCCN1CCC(c2ccnn2CCO)CC1. The molecule has 5 nitrogen and oxygen atoms in total.